The summed E-state index contributed by atoms with van der Waals surface area (Å²) in [6.45, 7) is 0. The fourth-order valence-corrected chi connectivity index (χ4v) is 2.29. The molecule has 90 valence electrons. The molecular formula is C14H13N3O. The highest BCUT2D eigenvalue weighted by molar-refractivity contribution is 6.07. The number of hydrogen-bond acceptors (Lipinski definition) is 3. The van der Waals surface area contributed by atoms with E-state index in [1.807, 2.05) is 24.3 Å². The van der Waals surface area contributed by atoms with Crippen molar-refractivity contribution in [3.05, 3.63) is 48.0 Å². The Labute approximate surface area is 105 Å². The van der Waals surface area contributed by atoms with E-state index in [9.17, 15) is 4.79 Å². The number of nitrogen functional groups attached to an aromatic ring is 2. The molecule has 4 nitrogen and oxygen atoms in total. The molecule has 1 heterocycles. The Morgan fingerprint density at radius 2 is 1.78 bits per heavy atom. The number of amides is 1. The van der Waals surface area contributed by atoms with Crippen molar-refractivity contribution in [3.63, 3.8) is 0 Å². The van der Waals surface area contributed by atoms with Gasteiger partial charge < -0.3 is 11.5 Å². The lowest BCUT2D eigenvalue weighted by molar-refractivity contribution is -0.116. The molecule has 2 aromatic rings. The van der Waals surface area contributed by atoms with Gasteiger partial charge in [0.25, 0.3) is 0 Å². The number of nitrogens with zero attached hydrogens (tertiary/aromatic N) is 1. The second kappa shape index (κ2) is 3.77. The molecule has 0 fully saturated rings. The summed E-state index contributed by atoms with van der Waals surface area (Å²) in [5.41, 5.74) is 15.5. The Morgan fingerprint density at radius 1 is 1.00 bits per heavy atom. The number of hydrogen-bond donors (Lipinski definition) is 2. The van der Waals surface area contributed by atoms with Gasteiger partial charge in [-0.3, -0.25) is 9.69 Å². The standard InChI is InChI=1S/C14H13N3O/c15-10-2-1-3-12(8-10)17-13-5-4-11(16)6-9(13)7-14(17)18/h1-6,8H,7,15-16H2. The number of benzene rings is 2. The van der Waals surface area contributed by atoms with Gasteiger partial charge in [-0.2, -0.15) is 0 Å². The van der Waals surface area contributed by atoms with E-state index in [0.29, 0.717) is 17.8 Å². The van der Waals surface area contributed by atoms with Gasteiger partial charge in [-0.15, -0.1) is 0 Å². The average molecular weight is 239 g/mol. The first kappa shape index (κ1) is 10.7. The molecule has 0 saturated heterocycles. The lowest BCUT2D eigenvalue weighted by Crippen LogP contribution is -2.20. The topological polar surface area (TPSA) is 72.3 Å². The lowest BCUT2D eigenvalue weighted by atomic mass is 10.1. The minimum Gasteiger partial charge on any atom is -0.399 e. The molecule has 18 heavy (non-hydrogen) atoms. The molecular weight excluding hydrogens is 226 g/mol. The Kier molecular flexibility index (Phi) is 2.23. The van der Waals surface area contributed by atoms with Crippen molar-refractivity contribution >= 4 is 28.7 Å². The zero-order chi connectivity index (χ0) is 12.7. The van der Waals surface area contributed by atoms with Gasteiger partial charge in [0, 0.05) is 11.4 Å². The Morgan fingerprint density at radius 3 is 2.56 bits per heavy atom. The first-order chi connectivity index (χ1) is 8.65. The van der Waals surface area contributed by atoms with Crippen molar-refractivity contribution in [2.45, 2.75) is 6.42 Å². The van der Waals surface area contributed by atoms with Gasteiger partial charge in [-0.25, -0.2) is 0 Å². The third kappa shape index (κ3) is 1.59. The zero-order valence-corrected chi connectivity index (χ0v) is 9.76. The molecule has 0 radical (unpaired) electrons. The molecule has 0 atom stereocenters. The summed E-state index contributed by atoms with van der Waals surface area (Å²) in [5, 5.41) is 0. The largest absolute Gasteiger partial charge is 0.399 e. The van der Waals surface area contributed by atoms with Crippen LogP contribution in [-0.4, -0.2) is 5.91 Å². The Balaban J connectivity index is 2.12. The van der Waals surface area contributed by atoms with E-state index in [-0.39, 0.29) is 5.91 Å². The molecule has 3 rings (SSSR count). The van der Waals surface area contributed by atoms with Gasteiger partial charge in [0.15, 0.2) is 0 Å². The second-order valence-corrected chi connectivity index (χ2v) is 4.39. The van der Waals surface area contributed by atoms with Crippen LogP contribution >= 0.6 is 0 Å². The Hall–Kier alpha value is -2.49. The smallest absolute Gasteiger partial charge is 0.236 e. The van der Waals surface area contributed by atoms with Crippen LogP contribution in [0.4, 0.5) is 22.7 Å². The summed E-state index contributed by atoms with van der Waals surface area (Å²) in [6, 6.07) is 12.8. The van der Waals surface area contributed by atoms with Crippen LogP contribution in [0.1, 0.15) is 5.56 Å². The molecule has 1 aliphatic rings. The quantitative estimate of drug-likeness (QED) is 0.748. The summed E-state index contributed by atoms with van der Waals surface area (Å²) >= 11 is 0. The first-order valence-corrected chi connectivity index (χ1v) is 5.72. The highest BCUT2D eigenvalue weighted by Gasteiger charge is 2.28. The van der Waals surface area contributed by atoms with Crippen molar-refractivity contribution in [2.24, 2.45) is 0 Å². The molecule has 0 aliphatic carbocycles. The molecule has 0 saturated carbocycles. The molecule has 2 aromatic carbocycles. The summed E-state index contributed by atoms with van der Waals surface area (Å²) in [4.78, 5) is 13.8. The van der Waals surface area contributed by atoms with Crippen LogP contribution in [-0.2, 0) is 11.2 Å². The molecule has 0 bridgehead atoms. The number of nitrogens with two attached hydrogens (primary N) is 2. The molecule has 0 unspecified atom stereocenters. The predicted octanol–water partition coefficient (Wildman–Crippen LogP) is 2.07. The number of fused-ring (bicyclic) bond motifs is 1. The van der Waals surface area contributed by atoms with Gasteiger partial charge >= 0.3 is 0 Å². The number of rotatable bonds is 1. The maximum atomic E-state index is 12.1. The maximum Gasteiger partial charge on any atom is 0.236 e. The number of carbonyl (C=O) groups is 1. The maximum absolute atomic E-state index is 12.1. The fraction of sp³-hybridized carbons (Fsp3) is 0.0714. The van der Waals surface area contributed by atoms with Gasteiger partial charge in [0.05, 0.1) is 17.8 Å². The molecule has 1 aliphatic heterocycles. The number of carbonyl (C=O) groups excluding carboxylic acids is 1. The second-order valence-electron chi connectivity index (χ2n) is 4.39. The summed E-state index contributed by atoms with van der Waals surface area (Å²) in [6.07, 6.45) is 0.384. The van der Waals surface area contributed by atoms with E-state index >= 15 is 0 Å². The lowest BCUT2D eigenvalue weighted by Gasteiger charge is -2.18. The summed E-state index contributed by atoms with van der Waals surface area (Å²) in [5.74, 6) is 0.0428. The minimum atomic E-state index is 0.0428. The fourth-order valence-electron chi connectivity index (χ4n) is 2.29. The Bertz CT molecular complexity index is 637. The zero-order valence-electron chi connectivity index (χ0n) is 9.76. The molecule has 4 heteroatoms. The van der Waals surface area contributed by atoms with Crippen LogP contribution in [0.25, 0.3) is 0 Å². The van der Waals surface area contributed by atoms with Crippen molar-refractivity contribution in [1.29, 1.82) is 0 Å². The van der Waals surface area contributed by atoms with Crippen LogP contribution in [0.3, 0.4) is 0 Å². The van der Waals surface area contributed by atoms with Crippen molar-refractivity contribution < 1.29 is 4.79 Å². The van der Waals surface area contributed by atoms with Crippen molar-refractivity contribution in [2.75, 3.05) is 16.4 Å². The third-order valence-corrected chi connectivity index (χ3v) is 3.06. The van der Waals surface area contributed by atoms with E-state index in [2.05, 4.69) is 0 Å². The highest BCUT2D eigenvalue weighted by Crippen LogP contribution is 2.36. The van der Waals surface area contributed by atoms with Crippen LogP contribution in [0.15, 0.2) is 42.5 Å². The van der Waals surface area contributed by atoms with E-state index < -0.39 is 0 Å². The monoisotopic (exact) mass is 239 g/mol. The average Bonchev–Trinajstić information content (AvgIpc) is 2.64. The summed E-state index contributed by atoms with van der Waals surface area (Å²) < 4.78 is 0. The van der Waals surface area contributed by atoms with Crippen LogP contribution in [0, 0.1) is 0 Å². The van der Waals surface area contributed by atoms with Crippen molar-refractivity contribution in [1.82, 2.24) is 0 Å². The van der Waals surface area contributed by atoms with E-state index in [4.69, 9.17) is 11.5 Å². The SMILES string of the molecule is Nc1cccc(N2C(=O)Cc3cc(N)ccc32)c1. The normalized spacial score (nSPS) is 13.8. The van der Waals surface area contributed by atoms with Crippen LogP contribution in [0.2, 0.25) is 0 Å². The molecule has 0 aromatic heterocycles. The van der Waals surface area contributed by atoms with E-state index in [0.717, 1.165) is 16.9 Å². The first-order valence-electron chi connectivity index (χ1n) is 5.72. The minimum absolute atomic E-state index is 0.0428. The van der Waals surface area contributed by atoms with Gasteiger partial charge in [-0.05, 0) is 42.0 Å². The predicted molar refractivity (Wildman–Crippen MR) is 72.6 cm³/mol. The number of anilines is 4. The van der Waals surface area contributed by atoms with Crippen molar-refractivity contribution in [3.8, 4) is 0 Å². The van der Waals surface area contributed by atoms with E-state index in [1.54, 1.807) is 23.1 Å². The van der Waals surface area contributed by atoms with Gasteiger partial charge in [0.1, 0.15) is 0 Å². The van der Waals surface area contributed by atoms with Crippen LogP contribution in [0.5, 0.6) is 0 Å². The molecule has 4 N–H and O–H groups in total. The van der Waals surface area contributed by atoms with Crippen LogP contribution < -0.4 is 16.4 Å². The third-order valence-electron chi connectivity index (χ3n) is 3.06. The molecule has 0 spiro atoms. The molecule has 1 amide bonds. The van der Waals surface area contributed by atoms with Gasteiger partial charge in [-0.1, -0.05) is 6.07 Å². The van der Waals surface area contributed by atoms with E-state index in [1.165, 1.54) is 0 Å². The van der Waals surface area contributed by atoms with Gasteiger partial charge in [0.2, 0.25) is 5.91 Å². The summed E-state index contributed by atoms with van der Waals surface area (Å²) in [7, 11) is 0. The highest BCUT2D eigenvalue weighted by atomic mass is 16.2.